The van der Waals surface area contributed by atoms with E-state index in [1.54, 1.807) is 12.4 Å². The third-order valence-electron chi connectivity index (χ3n) is 5.60. The summed E-state index contributed by atoms with van der Waals surface area (Å²) in [6.45, 7) is 3.48. The van der Waals surface area contributed by atoms with Crippen molar-refractivity contribution in [3.05, 3.63) is 54.1 Å². The van der Waals surface area contributed by atoms with Gasteiger partial charge in [0.15, 0.2) is 0 Å². The molecule has 2 aromatic rings. The number of benzene rings is 1. The first kappa shape index (κ1) is 19.4. The van der Waals surface area contributed by atoms with Gasteiger partial charge in [0.25, 0.3) is 11.8 Å². The fourth-order valence-electron chi connectivity index (χ4n) is 4.05. The second kappa shape index (κ2) is 9.03. The minimum Gasteiger partial charge on any atom is -0.492 e. The van der Waals surface area contributed by atoms with Crippen LogP contribution in [-0.4, -0.2) is 64.4 Å². The zero-order chi connectivity index (χ0) is 20.1. The van der Waals surface area contributed by atoms with Crippen LogP contribution in [-0.2, 0) is 0 Å². The molecule has 7 heteroatoms. The van der Waals surface area contributed by atoms with Gasteiger partial charge in [-0.1, -0.05) is 12.1 Å². The van der Waals surface area contributed by atoms with Crippen molar-refractivity contribution in [1.29, 1.82) is 0 Å². The van der Waals surface area contributed by atoms with Crippen molar-refractivity contribution in [3.8, 4) is 5.75 Å². The van der Waals surface area contributed by atoms with E-state index >= 15 is 0 Å². The largest absolute Gasteiger partial charge is 0.492 e. The third-order valence-corrected chi connectivity index (χ3v) is 5.60. The molecule has 3 heterocycles. The smallest absolute Gasteiger partial charge is 0.257 e. The van der Waals surface area contributed by atoms with Crippen LogP contribution in [0.5, 0.6) is 5.75 Å². The Labute approximate surface area is 170 Å². The predicted octanol–water partition coefficient (Wildman–Crippen LogP) is 2.64. The Bertz CT molecular complexity index is 852. The van der Waals surface area contributed by atoms with Gasteiger partial charge in [0.1, 0.15) is 12.1 Å². The molecule has 2 aliphatic heterocycles. The molecule has 1 unspecified atom stereocenters. The number of piperidine rings is 1. The molecule has 1 aromatic carbocycles. The van der Waals surface area contributed by atoms with Crippen molar-refractivity contribution in [3.63, 3.8) is 0 Å². The number of hydrogen-bond donors (Lipinski definition) is 0. The Kier molecular flexibility index (Phi) is 6.03. The van der Waals surface area contributed by atoms with E-state index in [1.807, 2.05) is 34.1 Å². The zero-order valence-electron chi connectivity index (χ0n) is 16.5. The molecule has 0 spiro atoms. The van der Waals surface area contributed by atoms with E-state index in [0.717, 1.165) is 45.3 Å². The molecule has 0 radical (unpaired) electrons. The summed E-state index contributed by atoms with van der Waals surface area (Å²) in [4.78, 5) is 37.1. The monoisotopic (exact) mass is 394 g/mol. The van der Waals surface area contributed by atoms with E-state index in [9.17, 15) is 9.59 Å². The normalized spacial score (nSPS) is 19.2. The van der Waals surface area contributed by atoms with Gasteiger partial charge in [-0.3, -0.25) is 9.59 Å². The maximum absolute atomic E-state index is 12.8. The summed E-state index contributed by atoms with van der Waals surface area (Å²) in [6.07, 6.45) is 8.58. The highest BCUT2D eigenvalue weighted by Crippen LogP contribution is 2.25. The van der Waals surface area contributed by atoms with Gasteiger partial charge in [-0.15, -0.1) is 0 Å². The molecule has 1 atom stereocenters. The highest BCUT2D eigenvalue weighted by Gasteiger charge is 2.26. The Morgan fingerprint density at radius 1 is 0.966 bits per heavy atom. The van der Waals surface area contributed by atoms with Gasteiger partial charge in [-0.05, 0) is 37.8 Å². The Morgan fingerprint density at radius 2 is 1.69 bits per heavy atom. The minimum atomic E-state index is -0.0417. The maximum atomic E-state index is 12.8. The topological polar surface area (TPSA) is 75.6 Å². The first-order chi connectivity index (χ1) is 14.2. The Morgan fingerprint density at radius 3 is 2.48 bits per heavy atom. The van der Waals surface area contributed by atoms with Gasteiger partial charge in [0.2, 0.25) is 0 Å². The molecule has 0 aliphatic carbocycles. The van der Waals surface area contributed by atoms with Crippen molar-refractivity contribution in [2.24, 2.45) is 5.92 Å². The number of aromatic nitrogens is 2. The van der Waals surface area contributed by atoms with Crippen LogP contribution >= 0.6 is 0 Å². The molecule has 152 valence electrons. The number of ether oxygens (including phenoxy) is 1. The fourth-order valence-corrected chi connectivity index (χ4v) is 4.05. The van der Waals surface area contributed by atoms with E-state index in [2.05, 4.69) is 9.97 Å². The van der Waals surface area contributed by atoms with Crippen LogP contribution in [0.15, 0.2) is 43.0 Å². The summed E-state index contributed by atoms with van der Waals surface area (Å²) >= 11 is 0. The standard InChI is InChI=1S/C22H26N4O3/c27-21(18-12-23-16-24-13-18)26-11-5-6-17(14-26)15-29-20-8-2-1-7-19(20)22(28)25-9-3-4-10-25/h1-2,7-8,12-13,16-17H,3-6,9-11,14-15H2. The van der Waals surface area contributed by atoms with Crippen molar-refractivity contribution in [1.82, 2.24) is 19.8 Å². The summed E-state index contributed by atoms with van der Waals surface area (Å²) in [6, 6.07) is 7.46. The lowest BCUT2D eigenvalue weighted by atomic mass is 9.98. The zero-order valence-corrected chi connectivity index (χ0v) is 16.5. The van der Waals surface area contributed by atoms with E-state index in [1.165, 1.54) is 6.33 Å². The number of para-hydroxylation sites is 1. The molecule has 2 fully saturated rings. The molecule has 0 N–H and O–H groups in total. The van der Waals surface area contributed by atoms with Gasteiger partial charge in [0, 0.05) is 44.5 Å². The van der Waals surface area contributed by atoms with Gasteiger partial charge in [-0.25, -0.2) is 9.97 Å². The van der Waals surface area contributed by atoms with Crippen LogP contribution in [0.3, 0.4) is 0 Å². The van der Waals surface area contributed by atoms with Crippen molar-refractivity contribution in [2.45, 2.75) is 25.7 Å². The quantitative estimate of drug-likeness (QED) is 0.779. The average Bonchev–Trinajstić information content (AvgIpc) is 3.33. The molecule has 2 saturated heterocycles. The average molecular weight is 394 g/mol. The molecule has 0 saturated carbocycles. The molecule has 29 heavy (non-hydrogen) atoms. The first-order valence-electron chi connectivity index (χ1n) is 10.3. The molecule has 2 aliphatic rings. The van der Waals surface area contributed by atoms with Crippen LogP contribution in [0.2, 0.25) is 0 Å². The van der Waals surface area contributed by atoms with Crippen LogP contribution < -0.4 is 4.74 Å². The number of hydrogen-bond acceptors (Lipinski definition) is 5. The summed E-state index contributed by atoms with van der Waals surface area (Å²) in [5, 5.41) is 0. The lowest BCUT2D eigenvalue weighted by Crippen LogP contribution is -2.41. The van der Waals surface area contributed by atoms with E-state index in [4.69, 9.17) is 4.74 Å². The van der Waals surface area contributed by atoms with Crippen LogP contribution in [0.25, 0.3) is 0 Å². The number of likely N-dealkylation sites (tertiary alicyclic amines) is 2. The number of nitrogens with zero attached hydrogens (tertiary/aromatic N) is 4. The van der Waals surface area contributed by atoms with Crippen LogP contribution in [0.1, 0.15) is 46.4 Å². The molecule has 7 nitrogen and oxygen atoms in total. The Hall–Kier alpha value is -2.96. The van der Waals surface area contributed by atoms with E-state index < -0.39 is 0 Å². The van der Waals surface area contributed by atoms with Crippen molar-refractivity contribution in [2.75, 3.05) is 32.8 Å². The number of amides is 2. The lowest BCUT2D eigenvalue weighted by molar-refractivity contribution is 0.0631. The van der Waals surface area contributed by atoms with Gasteiger partial charge < -0.3 is 14.5 Å². The third kappa shape index (κ3) is 4.55. The number of carbonyl (C=O) groups is 2. The summed E-state index contributed by atoms with van der Waals surface area (Å²) in [5.41, 5.74) is 1.13. The van der Waals surface area contributed by atoms with Gasteiger partial charge in [0.05, 0.1) is 17.7 Å². The molecule has 1 aromatic heterocycles. The van der Waals surface area contributed by atoms with Gasteiger partial charge in [-0.2, -0.15) is 0 Å². The second-order valence-electron chi connectivity index (χ2n) is 7.69. The second-order valence-corrected chi connectivity index (χ2v) is 7.69. The van der Waals surface area contributed by atoms with Crippen LogP contribution in [0.4, 0.5) is 0 Å². The van der Waals surface area contributed by atoms with Crippen molar-refractivity contribution >= 4 is 11.8 Å². The molecule has 0 bridgehead atoms. The summed E-state index contributed by atoms with van der Waals surface area (Å²) in [7, 11) is 0. The van der Waals surface area contributed by atoms with Gasteiger partial charge >= 0.3 is 0 Å². The number of rotatable bonds is 5. The molecule has 4 rings (SSSR count). The highest BCUT2D eigenvalue weighted by atomic mass is 16.5. The summed E-state index contributed by atoms with van der Waals surface area (Å²) < 4.78 is 6.08. The summed E-state index contributed by atoms with van der Waals surface area (Å²) in [5.74, 6) is 0.860. The molecule has 2 amide bonds. The lowest BCUT2D eigenvalue weighted by Gasteiger charge is -2.32. The van der Waals surface area contributed by atoms with Crippen LogP contribution in [0, 0.1) is 5.92 Å². The highest BCUT2D eigenvalue weighted by molar-refractivity contribution is 5.97. The predicted molar refractivity (Wildman–Crippen MR) is 108 cm³/mol. The number of carbonyl (C=O) groups excluding carboxylic acids is 2. The minimum absolute atomic E-state index is 0.0417. The maximum Gasteiger partial charge on any atom is 0.257 e. The molecular formula is C22H26N4O3. The fraction of sp³-hybridized carbons (Fsp3) is 0.455. The first-order valence-corrected chi connectivity index (χ1v) is 10.3. The van der Waals surface area contributed by atoms with E-state index in [0.29, 0.717) is 30.0 Å². The Balaban J connectivity index is 1.38. The van der Waals surface area contributed by atoms with E-state index in [-0.39, 0.29) is 17.7 Å². The SMILES string of the molecule is O=C(c1cncnc1)N1CCCC(COc2ccccc2C(=O)N2CCCC2)C1. The van der Waals surface area contributed by atoms with Crippen molar-refractivity contribution < 1.29 is 14.3 Å². The molecular weight excluding hydrogens is 368 g/mol.